The molecule has 3 aliphatic rings. The van der Waals surface area contributed by atoms with Crippen LogP contribution in [-0.4, -0.2) is 80.7 Å². The molecule has 0 bridgehead atoms. The Balaban J connectivity index is 0.000000173. The van der Waals surface area contributed by atoms with Crippen molar-refractivity contribution in [1.29, 1.82) is 0 Å². The summed E-state index contributed by atoms with van der Waals surface area (Å²) in [4.78, 5) is 39.0. The average molecular weight is 505 g/mol. The Morgan fingerprint density at radius 1 is 0.973 bits per heavy atom. The molecule has 1 N–H and O–H groups in total. The minimum Gasteiger partial charge on any atom is -0.468 e. The highest BCUT2D eigenvalue weighted by Crippen LogP contribution is 2.35. The van der Waals surface area contributed by atoms with Gasteiger partial charge >= 0.3 is 5.97 Å². The maximum atomic E-state index is 12.4. The van der Waals surface area contributed by atoms with Crippen LogP contribution in [0, 0.1) is 10.8 Å². The van der Waals surface area contributed by atoms with Gasteiger partial charge in [-0.3, -0.25) is 14.4 Å². The quantitative estimate of drug-likeness (QED) is 0.497. The molecule has 37 heavy (non-hydrogen) atoms. The van der Waals surface area contributed by atoms with Gasteiger partial charge in [0.15, 0.2) is 5.78 Å². The number of likely N-dealkylation sites (tertiary alicyclic amines) is 1. The van der Waals surface area contributed by atoms with Crippen molar-refractivity contribution in [1.82, 2.24) is 15.2 Å². The lowest BCUT2D eigenvalue weighted by molar-refractivity contribution is -0.161. The van der Waals surface area contributed by atoms with E-state index in [2.05, 4.69) is 22.6 Å². The van der Waals surface area contributed by atoms with Gasteiger partial charge in [-0.2, -0.15) is 5.10 Å². The largest absolute Gasteiger partial charge is 0.468 e. The van der Waals surface area contributed by atoms with E-state index in [-0.39, 0.29) is 11.7 Å². The molecule has 8 nitrogen and oxygen atoms in total. The molecule has 3 heterocycles. The van der Waals surface area contributed by atoms with Crippen molar-refractivity contribution in [2.45, 2.75) is 25.7 Å². The van der Waals surface area contributed by atoms with Crippen molar-refractivity contribution >= 4 is 23.4 Å². The van der Waals surface area contributed by atoms with Gasteiger partial charge in [0.1, 0.15) is 10.8 Å². The number of nitrogens with zero attached hydrogens (tertiary/aromatic N) is 3. The van der Waals surface area contributed by atoms with E-state index >= 15 is 0 Å². The van der Waals surface area contributed by atoms with Gasteiger partial charge in [-0.1, -0.05) is 60.7 Å². The zero-order chi connectivity index (χ0) is 26.5. The first-order chi connectivity index (χ1) is 17.8. The summed E-state index contributed by atoms with van der Waals surface area (Å²) in [6, 6.07) is 19.8. The number of ketones is 1. The first kappa shape index (κ1) is 26.7. The standard InChI is InChI=1S/C15H19NO3.C14H17N3O/c1-16-9-8-13(17)15(11-16,14(18)19-2)10-12-6-4-3-5-7-12;1-17-13(18)14(9-11-5-3-2-4-6-11)10-15-8-7-12(14)16-17/h3-7H,8-11H2,1-2H3;2-6,15H,7-10H2,1H3. The van der Waals surface area contributed by atoms with E-state index in [1.807, 2.05) is 60.5 Å². The number of esters is 1. The zero-order valence-electron chi connectivity index (χ0n) is 21.9. The second-order valence-corrected chi connectivity index (χ2v) is 10.2. The fourth-order valence-corrected chi connectivity index (χ4v) is 5.62. The number of ether oxygens (including phenoxy) is 1. The Morgan fingerprint density at radius 3 is 2.22 bits per heavy atom. The van der Waals surface area contributed by atoms with Crippen LogP contribution in [0.3, 0.4) is 0 Å². The molecule has 2 fully saturated rings. The molecular weight excluding hydrogens is 468 g/mol. The third-order valence-electron chi connectivity index (χ3n) is 7.56. The average Bonchev–Trinajstić information content (AvgIpc) is 3.16. The summed E-state index contributed by atoms with van der Waals surface area (Å²) < 4.78 is 4.90. The third kappa shape index (κ3) is 5.50. The van der Waals surface area contributed by atoms with Crippen molar-refractivity contribution in [3.63, 3.8) is 0 Å². The van der Waals surface area contributed by atoms with Crippen molar-refractivity contribution in [2.24, 2.45) is 15.9 Å². The van der Waals surface area contributed by atoms with Crippen molar-refractivity contribution in [2.75, 3.05) is 47.4 Å². The van der Waals surface area contributed by atoms with Crippen LogP contribution >= 0.6 is 0 Å². The van der Waals surface area contributed by atoms with Gasteiger partial charge in [0, 0.05) is 46.1 Å². The SMILES string of the molecule is CN1N=C2CCNCC2(Cc2ccccc2)C1=O.COC(=O)C1(Cc2ccccc2)CN(C)CCC1=O. The lowest BCUT2D eigenvalue weighted by atomic mass is 9.74. The molecule has 1 amide bonds. The number of rotatable bonds is 5. The molecule has 2 unspecified atom stereocenters. The summed E-state index contributed by atoms with van der Waals surface area (Å²) in [7, 11) is 5.02. The monoisotopic (exact) mass is 504 g/mol. The smallest absolute Gasteiger partial charge is 0.321 e. The summed E-state index contributed by atoms with van der Waals surface area (Å²) in [5.41, 5.74) is 1.71. The molecule has 2 atom stereocenters. The molecule has 8 heteroatoms. The Kier molecular flexibility index (Phi) is 8.19. The fourth-order valence-electron chi connectivity index (χ4n) is 5.62. The second kappa shape index (κ2) is 11.4. The Labute approximate surface area is 218 Å². The maximum absolute atomic E-state index is 12.4. The van der Waals surface area contributed by atoms with Crippen LogP contribution in [0.15, 0.2) is 65.8 Å². The van der Waals surface area contributed by atoms with Gasteiger partial charge < -0.3 is 15.0 Å². The molecule has 0 spiro atoms. The Bertz CT molecular complexity index is 1140. The number of amides is 1. The summed E-state index contributed by atoms with van der Waals surface area (Å²) in [5, 5.41) is 9.27. The number of Topliss-reactive ketones (excluding diaryl/α,β-unsaturated/α-hetero) is 1. The molecule has 2 saturated heterocycles. The van der Waals surface area contributed by atoms with Gasteiger partial charge in [-0.05, 0) is 31.0 Å². The number of carbonyl (C=O) groups excluding carboxylic acids is 3. The highest BCUT2D eigenvalue weighted by molar-refractivity contribution is 6.13. The minimum atomic E-state index is -1.05. The predicted octanol–water partition coefficient (Wildman–Crippen LogP) is 2.33. The van der Waals surface area contributed by atoms with Crippen LogP contribution in [-0.2, 0) is 32.0 Å². The van der Waals surface area contributed by atoms with E-state index in [1.54, 1.807) is 7.05 Å². The van der Waals surface area contributed by atoms with E-state index in [4.69, 9.17) is 4.74 Å². The normalized spacial score (nSPS) is 25.6. The number of methoxy groups -OCH3 is 1. The number of fused-ring (bicyclic) bond motifs is 1. The van der Waals surface area contributed by atoms with E-state index in [9.17, 15) is 14.4 Å². The van der Waals surface area contributed by atoms with Crippen LogP contribution in [0.5, 0.6) is 0 Å². The van der Waals surface area contributed by atoms with Gasteiger partial charge in [0.25, 0.3) is 5.91 Å². The van der Waals surface area contributed by atoms with E-state index in [1.165, 1.54) is 17.7 Å². The van der Waals surface area contributed by atoms with Crippen LogP contribution in [0.2, 0.25) is 0 Å². The van der Waals surface area contributed by atoms with Crippen LogP contribution in [0.1, 0.15) is 24.0 Å². The molecule has 2 aromatic rings. The molecule has 0 aliphatic carbocycles. The highest BCUT2D eigenvalue weighted by Gasteiger charge is 2.51. The molecule has 3 aliphatic heterocycles. The number of hydrazone groups is 1. The predicted molar refractivity (Wildman–Crippen MR) is 142 cm³/mol. The van der Waals surface area contributed by atoms with Gasteiger partial charge in [-0.25, -0.2) is 5.01 Å². The van der Waals surface area contributed by atoms with Crippen molar-refractivity contribution in [3.05, 3.63) is 71.8 Å². The molecule has 0 saturated carbocycles. The molecule has 0 radical (unpaired) electrons. The first-order valence-electron chi connectivity index (χ1n) is 12.8. The Morgan fingerprint density at radius 2 is 1.59 bits per heavy atom. The van der Waals surface area contributed by atoms with E-state index in [0.29, 0.717) is 32.5 Å². The summed E-state index contributed by atoms with van der Waals surface area (Å²) >= 11 is 0. The summed E-state index contributed by atoms with van der Waals surface area (Å²) in [6.07, 6.45) is 2.41. The van der Waals surface area contributed by atoms with Crippen molar-refractivity contribution in [3.8, 4) is 0 Å². The van der Waals surface area contributed by atoms with Crippen molar-refractivity contribution < 1.29 is 19.1 Å². The first-order valence-corrected chi connectivity index (χ1v) is 12.8. The van der Waals surface area contributed by atoms with E-state index in [0.717, 1.165) is 30.7 Å². The lowest BCUT2D eigenvalue weighted by Gasteiger charge is -2.37. The maximum Gasteiger partial charge on any atom is 0.321 e. The molecular formula is C29H36N4O4. The minimum absolute atomic E-state index is 0.0127. The molecule has 0 aromatic heterocycles. The molecule has 2 aromatic carbocycles. The number of benzene rings is 2. The topological polar surface area (TPSA) is 91.3 Å². The third-order valence-corrected chi connectivity index (χ3v) is 7.56. The molecule has 196 valence electrons. The van der Waals surface area contributed by atoms with Crippen LogP contribution in [0.4, 0.5) is 0 Å². The van der Waals surface area contributed by atoms with Gasteiger partial charge in [0.05, 0.1) is 12.8 Å². The fraction of sp³-hybridized carbons (Fsp3) is 0.448. The van der Waals surface area contributed by atoms with Crippen LogP contribution in [0.25, 0.3) is 0 Å². The van der Waals surface area contributed by atoms with Gasteiger partial charge in [-0.15, -0.1) is 0 Å². The second-order valence-electron chi connectivity index (χ2n) is 10.2. The lowest BCUT2D eigenvalue weighted by Crippen LogP contribution is -2.54. The summed E-state index contributed by atoms with van der Waals surface area (Å²) in [5.74, 6) is -0.317. The van der Waals surface area contributed by atoms with E-state index < -0.39 is 16.8 Å². The summed E-state index contributed by atoms with van der Waals surface area (Å²) in [6.45, 7) is 2.74. The van der Waals surface area contributed by atoms with Crippen LogP contribution < -0.4 is 5.32 Å². The Hall–Kier alpha value is -3.36. The molecule has 5 rings (SSSR count). The number of piperidine rings is 2. The number of carbonyl (C=O) groups is 3. The number of hydrogen-bond acceptors (Lipinski definition) is 7. The number of nitrogens with one attached hydrogen (secondary N) is 1. The van der Waals surface area contributed by atoms with Gasteiger partial charge in [0.2, 0.25) is 0 Å². The zero-order valence-corrected chi connectivity index (χ0v) is 21.9. The highest BCUT2D eigenvalue weighted by atomic mass is 16.5. The number of hydrogen-bond donors (Lipinski definition) is 1.